The van der Waals surface area contributed by atoms with Crippen molar-refractivity contribution in [3.05, 3.63) is 29.8 Å². The molecule has 1 aliphatic heterocycles. The number of hydrogen-bond donors (Lipinski definition) is 2. The summed E-state index contributed by atoms with van der Waals surface area (Å²) in [6.07, 6.45) is -0.423. The van der Waals surface area contributed by atoms with Gasteiger partial charge in [-0.3, -0.25) is 0 Å². The van der Waals surface area contributed by atoms with Gasteiger partial charge in [-0.05, 0) is 45.4 Å². The van der Waals surface area contributed by atoms with Gasteiger partial charge in [0.2, 0.25) is 0 Å². The number of morpholine rings is 1. The highest BCUT2D eigenvalue weighted by atomic mass is 16.6. The summed E-state index contributed by atoms with van der Waals surface area (Å²) in [5, 5.41) is 5.59. The fraction of sp³-hybridized carbons (Fsp3) is 0.556. The summed E-state index contributed by atoms with van der Waals surface area (Å²) in [6.45, 7) is 9.42. The second-order valence-electron chi connectivity index (χ2n) is 7.11. The van der Waals surface area contributed by atoms with Crippen molar-refractivity contribution in [1.82, 2.24) is 10.2 Å². The molecule has 7 nitrogen and oxygen atoms in total. The van der Waals surface area contributed by atoms with E-state index in [1.807, 2.05) is 52.0 Å². The highest BCUT2D eigenvalue weighted by Gasteiger charge is 2.21. The van der Waals surface area contributed by atoms with E-state index in [9.17, 15) is 9.59 Å². The van der Waals surface area contributed by atoms with Crippen LogP contribution in [0, 0.1) is 0 Å². The zero-order valence-corrected chi connectivity index (χ0v) is 15.3. The number of alkyl carbamates (subject to hydrolysis) is 1. The minimum atomic E-state index is -0.533. The van der Waals surface area contributed by atoms with Gasteiger partial charge in [0.15, 0.2) is 0 Å². The van der Waals surface area contributed by atoms with Gasteiger partial charge in [0, 0.05) is 25.3 Å². The largest absolute Gasteiger partial charge is 0.444 e. The Hall–Kier alpha value is -2.28. The maximum Gasteiger partial charge on any atom is 0.407 e. The van der Waals surface area contributed by atoms with Crippen LogP contribution in [0.15, 0.2) is 24.3 Å². The molecule has 1 saturated heterocycles. The highest BCUT2D eigenvalue weighted by molar-refractivity contribution is 5.89. The van der Waals surface area contributed by atoms with Crippen molar-refractivity contribution in [1.29, 1.82) is 0 Å². The first kappa shape index (κ1) is 19.1. The summed E-state index contributed by atoms with van der Waals surface area (Å²) in [4.78, 5) is 25.8. The Morgan fingerprint density at radius 2 is 2.12 bits per heavy atom. The van der Waals surface area contributed by atoms with Crippen LogP contribution < -0.4 is 10.6 Å². The molecule has 1 heterocycles. The topological polar surface area (TPSA) is 79.9 Å². The summed E-state index contributed by atoms with van der Waals surface area (Å²) in [6, 6.07) is 7.22. The van der Waals surface area contributed by atoms with Crippen LogP contribution in [0.5, 0.6) is 0 Å². The molecule has 0 aliphatic carbocycles. The van der Waals surface area contributed by atoms with Crippen molar-refractivity contribution in [2.75, 3.05) is 25.0 Å². The van der Waals surface area contributed by atoms with Crippen molar-refractivity contribution >= 4 is 17.8 Å². The lowest BCUT2D eigenvalue weighted by molar-refractivity contribution is -0.00138. The van der Waals surface area contributed by atoms with E-state index in [4.69, 9.17) is 9.47 Å². The number of hydrogen-bond acceptors (Lipinski definition) is 4. The summed E-state index contributed by atoms with van der Waals surface area (Å²) in [5.41, 5.74) is 1.03. The smallest absolute Gasteiger partial charge is 0.407 e. The normalized spacial score (nSPS) is 17.8. The van der Waals surface area contributed by atoms with Crippen LogP contribution in [0.1, 0.15) is 33.3 Å². The fourth-order valence-electron chi connectivity index (χ4n) is 2.45. The molecule has 1 atom stereocenters. The highest BCUT2D eigenvalue weighted by Crippen LogP contribution is 2.13. The van der Waals surface area contributed by atoms with Crippen LogP contribution in [0.25, 0.3) is 0 Å². The zero-order chi connectivity index (χ0) is 18.4. The van der Waals surface area contributed by atoms with E-state index in [0.717, 1.165) is 5.56 Å². The van der Waals surface area contributed by atoms with Gasteiger partial charge in [-0.25, -0.2) is 9.59 Å². The lowest BCUT2D eigenvalue weighted by Gasteiger charge is -2.31. The second-order valence-corrected chi connectivity index (χ2v) is 7.11. The van der Waals surface area contributed by atoms with E-state index in [-0.39, 0.29) is 12.1 Å². The lowest BCUT2D eigenvalue weighted by atomic mass is 10.2. The van der Waals surface area contributed by atoms with Crippen LogP contribution in [-0.4, -0.2) is 48.4 Å². The molecular formula is C18H27N3O4. The average molecular weight is 349 g/mol. The van der Waals surface area contributed by atoms with Crippen LogP contribution >= 0.6 is 0 Å². The monoisotopic (exact) mass is 349 g/mol. The molecule has 1 aromatic rings. The van der Waals surface area contributed by atoms with Gasteiger partial charge in [0.05, 0.1) is 12.7 Å². The van der Waals surface area contributed by atoms with Gasteiger partial charge in [-0.15, -0.1) is 0 Å². The van der Waals surface area contributed by atoms with Gasteiger partial charge < -0.3 is 25.0 Å². The quantitative estimate of drug-likeness (QED) is 0.879. The van der Waals surface area contributed by atoms with Crippen molar-refractivity contribution in [3.8, 4) is 0 Å². The number of urea groups is 1. The molecule has 0 unspecified atom stereocenters. The number of rotatable bonds is 3. The first-order chi connectivity index (χ1) is 11.7. The molecule has 1 aliphatic rings. The van der Waals surface area contributed by atoms with Crippen LogP contribution in [0.2, 0.25) is 0 Å². The third-order valence-corrected chi connectivity index (χ3v) is 3.54. The number of anilines is 1. The van der Waals surface area contributed by atoms with E-state index in [1.165, 1.54) is 0 Å². The Morgan fingerprint density at radius 1 is 1.36 bits per heavy atom. The number of benzene rings is 1. The molecule has 2 N–H and O–H groups in total. The maximum atomic E-state index is 12.3. The first-order valence-corrected chi connectivity index (χ1v) is 8.46. The predicted molar refractivity (Wildman–Crippen MR) is 95.5 cm³/mol. The lowest BCUT2D eigenvalue weighted by Crippen LogP contribution is -2.46. The van der Waals surface area contributed by atoms with Crippen LogP contribution in [0.4, 0.5) is 15.3 Å². The molecule has 0 radical (unpaired) electrons. The number of nitrogens with zero attached hydrogens (tertiary/aromatic N) is 1. The summed E-state index contributed by atoms with van der Waals surface area (Å²) in [5.74, 6) is 0. The van der Waals surface area contributed by atoms with E-state index < -0.39 is 11.7 Å². The Morgan fingerprint density at radius 3 is 2.80 bits per heavy atom. The molecule has 0 saturated carbocycles. The molecule has 2 rings (SSSR count). The Labute approximate surface area is 148 Å². The summed E-state index contributed by atoms with van der Waals surface area (Å²) < 4.78 is 10.6. The third-order valence-electron chi connectivity index (χ3n) is 3.54. The molecule has 0 aromatic heterocycles. The van der Waals surface area contributed by atoms with E-state index in [1.54, 1.807) is 4.90 Å². The first-order valence-electron chi connectivity index (χ1n) is 8.46. The van der Waals surface area contributed by atoms with E-state index in [2.05, 4.69) is 10.6 Å². The van der Waals surface area contributed by atoms with Gasteiger partial charge in [0.25, 0.3) is 0 Å². The predicted octanol–water partition coefficient (Wildman–Crippen LogP) is 2.96. The number of carbonyl (C=O) groups is 2. The molecule has 25 heavy (non-hydrogen) atoms. The Kier molecular flexibility index (Phi) is 6.25. The molecule has 1 fully saturated rings. The summed E-state index contributed by atoms with van der Waals surface area (Å²) in [7, 11) is 0. The van der Waals surface area contributed by atoms with Gasteiger partial charge in [-0.1, -0.05) is 12.1 Å². The minimum Gasteiger partial charge on any atom is -0.444 e. The molecule has 1 aromatic carbocycles. The SMILES string of the molecule is C[C@@H]1CN(C(=O)Nc2cccc(CNC(=O)OC(C)(C)C)c2)CCO1. The Bertz CT molecular complexity index is 613. The van der Waals surface area contributed by atoms with Crippen molar-refractivity contribution in [3.63, 3.8) is 0 Å². The molecule has 7 heteroatoms. The number of ether oxygens (including phenoxy) is 2. The van der Waals surface area contributed by atoms with Crippen molar-refractivity contribution in [2.45, 2.75) is 45.9 Å². The molecule has 0 bridgehead atoms. The van der Waals surface area contributed by atoms with Crippen LogP contribution in [0.3, 0.4) is 0 Å². The molecular weight excluding hydrogens is 322 g/mol. The maximum absolute atomic E-state index is 12.3. The molecule has 138 valence electrons. The van der Waals surface area contributed by atoms with E-state index >= 15 is 0 Å². The Balaban J connectivity index is 1.88. The van der Waals surface area contributed by atoms with Crippen molar-refractivity contribution in [2.24, 2.45) is 0 Å². The third kappa shape index (κ3) is 6.62. The number of carbonyl (C=O) groups excluding carboxylic acids is 2. The molecule has 0 spiro atoms. The molecule has 3 amide bonds. The standard InChI is InChI=1S/C18H27N3O4/c1-13-12-21(8-9-24-13)16(22)20-15-7-5-6-14(10-15)11-19-17(23)25-18(2,3)4/h5-7,10,13H,8-9,11-12H2,1-4H3,(H,19,23)(H,20,22)/t13-/m1/s1. The number of nitrogens with one attached hydrogen (secondary N) is 2. The average Bonchev–Trinajstić information content (AvgIpc) is 2.52. The van der Waals surface area contributed by atoms with E-state index in [0.29, 0.717) is 31.9 Å². The number of amides is 3. The van der Waals surface area contributed by atoms with Crippen molar-refractivity contribution < 1.29 is 19.1 Å². The van der Waals surface area contributed by atoms with Gasteiger partial charge >= 0.3 is 12.1 Å². The summed E-state index contributed by atoms with van der Waals surface area (Å²) >= 11 is 0. The van der Waals surface area contributed by atoms with Crippen LogP contribution in [-0.2, 0) is 16.0 Å². The van der Waals surface area contributed by atoms with Gasteiger partial charge in [0.1, 0.15) is 5.60 Å². The zero-order valence-electron chi connectivity index (χ0n) is 15.3. The second kappa shape index (κ2) is 8.20. The van der Waals surface area contributed by atoms with Gasteiger partial charge in [-0.2, -0.15) is 0 Å². The fourth-order valence-corrected chi connectivity index (χ4v) is 2.45. The minimum absolute atomic E-state index is 0.0452.